The van der Waals surface area contributed by atoms with Crippen LogP contribution in [0.3, 0.4) is 0 Å². The van der Waals surface area contributed by atoms with Gasteiger partial charge in [-0.3, -0.25) is 0 Å². The van der Waals surface area contributed by atoms with Crippen molar-refractivity contribution in [3.63, 3.8) is 0 Å². The first-order chi connectivity index (χ1) is 18.3. The maximum atomic E-state index is 12.1. The fourth-order valence-corrected chi connectivity index (χ4v) is 4.64. The van der Waals surface area contributed by atoms with Gasteiger partial charge < -0.3 is 19.2 Å². The summed E-state index contributed by atoms with van der Waals surface area (Å²) in [5.74, 6) is 1.08. The average molecular weight is 512 g/mol. The van der Waals surface area contributed by atoms with E-state index < -0.39 is 5.60 Å². The third-order valence-corrected chi connectivity index (χ3v) is 6.38. The van der Waals surface area contributed by atoms with Crippen LogP contribution >= 0.6 is 0 Å². The number of fused-ring (bicyclic) bond motifs is 1. The summed E-state index contributed by atoms with van der Waals surface area (Å²) in [5, 5.41) is 4.38. The van der Waals surface area contributed by atoms with Crippen LogP contribution in [0.15, 0.2) is 77.5 Å². The third kappa shape index (κ3) is 5.78. The van der Waals surface area contributed by atoms with Gasteiger partial charge in [0.15, 0.2) is 0 Å². The zero-order valence-corrected chi connectivity index (χ0v) is 22.2. The predicted octanol–water partition coefficient (Wildman–Crippen LogP) is 6.59. The Morgan fingerprint density at radius 2 is 1.79 bits per heavy atom. The van der Waals surface area contributed by atoms with E-state index in [-0.39, 0.29) is 24.7 Å². The Morgan fingerprint density at radius 3 is 2.50 bits per heavy atom. The van der Waals surface area contributed by atoms with E-state index in [1.54, 1.807) is 0 Å². The van der Waals surface area contributed by atoms with Crippen LogP contribution in [0.2, 0.25) is 0 Å². The Kier molecular flexibility index (Phi) is 7.29. The van der Waals surface area contributed by atoms with Gasteiger partial charge in [-0.2, -0.15) is 0 Å². The summed E-state index contributed by atoms with van der Waals surface area (Å²) in [5.41, 5.74) is 4.23. The number of hydrogen-bond donors (Lipinski definition) is 1. The Labute approximate surface area is 222 Å². The summed E-state index contributed by atoms with van der Waals surface area (Å²) in [7, 11) is 0. The highest BCUT2D eigenvalue weighted by atomic mass is 16.6. The van der Waals surface area contributed by atoms with Crippen LogP contribution in [-0.4, -0.2) is 40.3 Å². The molecule has 196 valence electrons. The van der Waals surface area contributed by atoms with Gasteiger partial charge in [0.1, 0.15) is 30.1 Å². The molecule has 2 aromatic carbocycles. The minimum Gasteiger partial charge on any atom is -0.458 e. The lowest BCUT2D eigenvalue weighted by Crippen LogP contribution is -2.28. The number of hydrogen-bond acceptors (Lipinski definition) is 7. The zero-order chi connectivity index (χ0) is 26.7. The lowest BCUT2D eigenvalue weighted by Gasteiger charge is -2.20. The molecule has 0 spiro atoms. The molecule has 2 atom stereocenters. The summed E-state index contributed by atoms with van der Waals surface area (Å²) >= 11 is 0. The number of esters is 1. The minimum atomic E-state index is -0.536. The van der Waals surface area contributed by atoms with Gasteiger partial charge in [-0.1, -0.05) is 73.7 Å². The number of aryl methyl sites for hydroxylation is 1. The number of anilines is 1. The Balaban J connectivity index is 1.42. The summed E-state index contributed by atoms with van der Waals surface area (Å²) in [6, 6.07) is 18.6. The molecule has 0 unspecified atom stereocenters. The molecule has 0 bridgehead atoms. The molecule has 2 heterocycles. The first kappa shape index (κ1) is 25.7. The molecular weight excluding hydrogens is 478 g/mol. The molecule has 0 saturated carbocycles. The van der Waals surface area contributed by atoms with Crippen molar-refractivity contribution in [3.05, 3.63) is 78.6 Å². The van der Waals surface area contributed by atoms with Gasteiger partial charge in [-0.25, -0.2) is 14.8 Å². The number of nitrogens with zero attached hydrogens (tertiary/aromatic N) is 2. The number of nitrogens with one attached hydrogen (secondary N) is 1. The number of rotatable bonds is 8. The Bertz CT molecular complexity index is 1440. The van der Waals surface area contributed by atoms with Gasteiger partial charge in [-0.05, 0) is 38.3 Å². The second-order valence-electron chi connectivity index (χ2n) is 10.4. The highest BCUT2D eigenvalue weighted by Gasteiger charge is 2.26. The van der Waals surface area contributed by atoms with E-state index in [0.717, 1.165) is 34.3 Å². The van der Waals surface area contributed by atoms with Gasteiger partial charge in [0.25, 0.3) is 0 Å². The van der Waals surface area contributed by atoms with Crippen LogP contribution in [0.5, 0.6) is 0 Å². The van der Waals surface area contributed by atoms with Crippen molar-refractivity contribution in [2.24, 2.45) is 0 Å². The number of carbonyl (C=O) groups excluding carboxylic acids is 1. The molecule has 1 aliphatic rings. The lowest BCUT2D eigenvalue weighted by atomic mass is 9.98. The molecule has 2 aromatic heterocycles. The predicted molar refractivity (Wildman–Crippen MR) is 149 cm³/mol. The van der Waals surface area contributed by atoms with Crippen LogP contribution in [0.4, 0.5) is 5.82 Å². The summed E-state index contributed by atoms with van der Waals surface area (Å²) < 4.78 is 17.5. The maximum Gasteiger partial charge on any atom is 0.332 e. The zero-order valence-electron chi connectivity index (χ0n) is 22.2. The van der Waals surface area contributed by atoms with Gasteiger partial charge in [0, 0.05) is 23.6 Å². The smallest absolute Gasteiger partial charge is 0.332 e. The SMILES string of the molecule is CCc1ccc(-c2c(-c3ccccc3)oc3ncnc(N[C@@H]4C=C[C@@H](OCC(=O)OC(C)(C)C)C4)c23)cc1. The van der Waals surface area contributed by atoms with Crippen molar-refractivity contribution in [2.75, 3.05) is 11.9 Å². The highest BCUT2D eigenvalue weighted by molar-refractivity contribution is 6.06. The van der Waals surface area contributed by atoms with Crippen molar-refractivity contribution < 1.29 is 18.7 Å². The average Bonchev–Trinajstić information content (AvgIpc) is 3.52. The van der Waals surface area contributed by atoms with Crippen molar-refractivity contribution >= 4 is 22.9 Å². The van der Waals surface area contributed by atoms with Gasteiger partial charge in [0.2, 0.25) is 5.71 Å². The lowest BCUT2D eigenvalue weighted by molar-refractivity contribution is -0.161. The molecule has 0 aliphatic heterocycles. The van der Waals surface area contributed by atoms with Crippen molar-refractivity contribution in [3.8, 4) is 22.5 Å². The molecule has 0 amide bonds. The fraction of sp³-hybridized carbons (Fsp3) is 0.323. The fourth-order valence-electron chi connectivity index (χ4n) is 4.64. The number of furan rings is 1. The first-order valence-corrected chi connectivity index (χ1v) is 13.0. The maximum absolute atomic E-state index is 12.1. The standard InChI is InChI=1S/C31H33N3O4/c1-5-20-11-13-21(14-12-20)26-27-29(32-19-33-30(27)37-28(26)22-9-7-6-8-10-22)34-23-15-16-24(17-23)36-18-25(35)38-31(2,3)4/h6-16,19,23-24H,5,17-18H2,1-4H3,(H,32,33,34)/t23-,24-/m1/s1. The van der Waals surface area contributed by atoms with E-state index in [1.807, 2.05) is 63.3 Å². The third-order valence-electron chi connectivity index (χ3n) is 6.38. The molecule has 1 N–H and O–H groups in total. The number of ether oxygens (including phenoxy) is 2. The molecule has 7 nitrogen and oxygen atoms in total. The molecule has 5 rings (SSSR count). The second-order valence-corrected chi connectivity index (χ2v) is 10.4. The Morgan fingerprint density at radius 1 is 1.03 bits per heavy atom. The van der Waals surface area contributed by atoms with Crippen molar-refractivity contribution in [2.45, 2.75) is 58.3 Å². The van der Waals surface area contributed by atoms with Gasteiger partial charge in [0.05, 0.1) is 11.5 Å². The molecule has 1 aliphatic carbocycles. The summed E-state index contributed by atoms with van der Waals surface area (Å²) in [6.45, 7) is 7.58. The minimum absolute atomic E-state index is 0.0258. The van der Waals surface area contributed by atoms with Gasteiger partial charge >= 0.3 is 5.97 Å². The van der Waals surface area contributed by atoms with E-state index in [9.17, 15) is 4.79 Å². The van der Waals surface area contributed by atoms with E-state index in [0.29, 0.717) is 18.0 Å². The van der Waals surface area contributed by atoms with E-state index >= 15 is 0 Å². The second kappa shape index (κ2) is 10.8. The molecule has 4 aromatic rings. The van der Waals surface area contributed by atoms with Crippen LogP contribution in [0.25, 0.3) is 33.6 Å². The molecular formula is C31H33N3O4. The quantitative estimate of drug-likeness (QED) is 0.211. The first-order valence-electron chi connectivity index (χ1n) is 13.0. The summed E-state index contributed by atoms with van der Waals surface area (Å²) in [4.78, 5) is 21.1. The largest absolute Gasteiger partial charge is 0.458 e. The topological polar surface area (TPSA) is 86.5 Å². The normalized spacial score (nSPS) is 17.2. The van der Waals surface area contributed by atoms with Crippen LogP contribution in [0, 0.1) is 0 Å². The van der Waals surface area contributed by atoms with Crippen molar-refractivity contribution in [1.82, 2.24) is 9.97 Å². The molecule has 0 fully saturated rings. The van der Waals surface area contributed by atoms with Gasteiger partial charge in [-0.15, -0.1) is 0 Å². The molecule has 0 saturated heterocycles. The Hall–Kier alpha value is -3.97. The van der Waals surface area contributed by atoms with Crippen LogP contribution in [-0.2, 0) is 20.7 Å². The van der Waals surface area contributed by atoms with E-state index in [1.165, 1.54) is 11.9 Å². The molecule has 38 heavy (non-hydrogen) atoms. The molecule has 7 heteroatoms. The van der Waals surface area contributed by atoms with E-state index in [4.69, 9.17) is 13.9 Å². The molecule has 0 radical (unpaired) electrons. The highest BCUT2D eigenvalue weighted by Crippen LogP contribution is 2.43. The van der Waals surface area contributed by atoms with Crippen LogP contribution in [0.1, 0.15) is 39.7 Å². The monoisotopic (exact) mass is 511 g/mol. The number of benzene rings is 2. The number of carbonyl (C=O) groups is 1. The number of aromatic nitrogens is 2. The van der Waals surface area contributed by atoms with Crippen LogP contribution < -0.4 is 5.32 Å². The van der Waals surface area contributed by atoms with Crippen molar-refractivity contribution in [1.29, 1.82) is 0 Å². The van der Waals surface area contributed by atoms with E-state index in [2.05, 4.69) is 46.5 Å². The summed E-state index contributed by atoms with van der Waals surface area (Å²) in [6.07, 6.45) is 6.97.